The number of benzene rings is 1. The summed E-state index contributed by atoms with van der Waals surface area (Å²) in [6.07, 6.45) is 3.51. The lowest BCUT2D eigenvalue weighted by Crippen LogP contribution is -2.37. The van der Waals surface area contributed by atoms with Crippen LogP contribution >= 0.6 is 15.9 Å². The fraction of sp³-hybridized carbons (Fsp3) is 0.600. The lowest BCUT2D eigenvalue weighted by atomic mass is 9.72. The molecular weight excluding hydrogens is 307 g/mol. The van der Waals surface area contributed by atoms with Gasteiger partial charge in [-0.05, 0) is 54.4 Å². The molecule has 106 valence electrons. The summed E-state index contributed by atoms with van der Waals surface area (Å²) in [6, 6.07) is 5.04. The highest BCUT2D eigenvalue weighted by molar-refractivity contribution is 9.10. The zero-order valence-electron chi connectivity index (χ0n) is 11.5. The third kappa shape index (κ3) is 3.56. The second kappa shape index (κ2) is 6.33. The Labute approximate surface area is 123 Å². The van der Waals surface area contributed by atoms with E-state index in [1.165, 1.54) is 12.5 Å². The van der Waals surface area contributed by atoms with Crippen molar-refractivity contribution in [2.45, 2.75) is 39.2 Å². The van der Waals surface area contributed by atoms with E-state index in [2.05, 4.69) is 35.2 Å². The number of halogens is 2. The summed E-state index contributed by atoms with van der Waals surface area (Å²) in [5.74, 6) is 7.46. The van der Waals surface area contributed by atoms with Gasteiger partial charge in [-0.3, -0.25) is 11.3 Å². The van der Waals surface area contributed by atoms with E-state index in [0.29, 0.717) is 11.8 Å². The van der Waals surface area contributed by atoms with E-state index in [-0.39, 0.29) is 11.9 Å². The van der Waals surface area contributed by atoms with Crippen molar-refractivity contribution in [1.82, 2.24) is 5.43 Å². The van der Waals surface area contributed by atoms with Crippen LogP contribution in [0.3, 0.4) is 0 Å². The Hall–Kier alpha value is -0.450. The predicted molar refractivity (Wildman–Crippen MR) is 79.8 cm³/mol. The Kier molecular flexibility index (Phi) is 4.98. The second-order valence-electron chi connectivity index (χ2n) is 5.87. The number of hydrogen-bond donors (Lipinski definition) is 2. The van der Waals surface area contributed by atoms with E-state index in [1.807, 2.05) is 6.07 Å². The van der Waals surface area contributed by atoms with Crippen LogP contribution in [0.2, 0.25) is 0 Å². The molecule has 1 aliphatic carbocycles. The third-order valence-corrected chi connectivity index (χ3v) is 4.99. The van der Waals surface area contributed by atoms with E-state index in [4.69, 9.17) is 5.84 Å². The molecule has 0 amide bonds. The number of rotatable bonds is 3. The van der Waals surface area contributed by atoms with Gasteiger partial charge in [0.2, 0.25) is 0 Å². The molecule has 0 aromatic heterocycles. The Bertz CT molecular complexity index is 418. The minimum absolute atomic E-state index is 0.0296. The van der Waals surface area contributed by atoms with Gasteiger partial charge >= 0.3 is 0 Å². The zero-order chi connectivity index (χ0) is 14.0. The average molecular weight is 329 g/mol. The maximum absolute atomic E-state index is 13.5. The molecule has 2 nitrogen and oxygen atoms in total. The summed E-state index contributed by atoms with van der Waals surface area (Å²) in [5.41, 5.74) is 3.82. The summed E-state index contributed by atoms with van der Waals surface area (Å²) >= 11 is 3.35. The molecule has 2 rings (SSSR count). The standard InChI is InChI=1S/C15H22BrFN2/c1-9-3-4-11(5-10(9)2)15(19-18)12-6-13(16)8-14(17)7-12/h6-11,15,19H,3-5,18H2,1-2H3. The third-order valence-electron chi connectivity index (χ3n) is 4.53. The summed E-state index contributed by atoms with van der Waals surface area (Å²) in [5, 5.41) is 0. The van der Waals surface area contributed by atoms with E-state index in [1.54, 1.807) is 6.07 Å². The first-order valence-corrected chi connectivity index (χ1v) is 7.72. The van der Waals surface area contributed by atoms with Crippen molar-refractivity contribution >= 4 is 15.9 Å². The summed E-state index contributed by atoms with van der Waals surface area (Å²) in [7, 11) is 0. The smallest absolute Gasteiger partial charge is 0.124 e. The first-order valence-electron chi connectivity index (χ1n) is 6.93. The number of hydrogen-bond acceptors (Lipinski definition) is 2. The van der Waals surface area contributed by atoms with Crippen LogP contribution < -0.4 is 11.3 Å². The van der Waals surface area contributed by atoms with Crippen LogP contribution in [-0.4, -0.2) is 0 Å². The SMILES string of the molecule is CC1CCC(C(NN)c2cc(F)cc(Br)c2)CC1C. The van der Waals surface area contributed by atoms with Crippen LogP contribution in [0.4, 0.5) is 4.39 Å². The van der Waals surface area contributed by atoms with Crippen molar-refractivity contribution in [3.8, 4) is 0 Å². The molecule has 0 radical (unpaired) electrons. The summed E-state index contributed by atoms with van der Waals surface area (Å²) in [6.45, 7) is 4.61. The van der Waals surface area contributed by atoms with Crippen molar-refractivity contribution in [2.75, 3.05) is 0 Å². The second-order valence-corrected chi connectivity index (χ2v) is 6.79. The van der Waals surface area contributed by atoms with Gasteiger partial charge in [0, 0.05) is 10.5 Å². The van der Waals surface area contributed by atoms with Gasteiger partial charge in [-0.25, -0.2) is 4.39 Å². The number of hydrazine groups is 1. The van der Waals surface area contributed by atoms with Crippen LogP contribution in [0.15, 0.2) is 22.7 Å². The Morgan fingerprint density at radius 1 is 1.26 bits per heavy atom. The van der Waals surface area contributed by atoms with E-state index in [0.717, 1.165) is 28.8 Å². The summed E-state index contributed by atoms with van der Waals surface area (Å²) in [4.78, 5) is 0. The maximum Gasteiger partial charge on any atom is 0.124 e. The van der Waals surface area contributed by atoms with E-state index in [9.17, 15) is 4.39 Å². The van der Waals surface area contributed by atoms with Crippen LogP contribution in [0.5, 0.6) is 0 Å². The van der Waals surface area contributed by atoms with Crippen molar-refractivity contribution in [2.24, 2.45) is 23.6 Å². The molecule has 4 atom stereocenters. The minimum Gasteiger partial charge on any atom is -0.271 e. The van der Waals surface area contributed by atoms with Gasteiger partial charge in [-0.15, -0.1) is 0 Å². The normalized spacial score (nSPS) is 29.2. The highest BCUT2D eigenvalue weighted by Gasteiger charge is 2.30. The van der Waals surface area contributed by atoms with Crippen molar-refractivity contribution in [3.63, 3.8) is 0 Å². The van der Waals surface area contributed by atoms with Crippen molar-refractivity contribution in [1.29, 1.82) is 0 Å². The van der Waals surface area contributed by atoms with E-state index < -0.39 is 0 Å². The number of nitrogens with one attached hydrogen (secondary N) is 1. The Morgan fingerprint density at radius 3 is 2.58 bits per heavy atom. The fourth-order valence-corrected chi connectivity index (χ4v) is 3.63. The molecule has 19 heavy (non-hydrogen) atoms. The predicted octanol–water partition coefficient (Wildman–Crippen LogP) is 4.16. The maximum atomic E-state index is 13.5. The van der Waals surface area contributed by atoms with E-state index >= 15 is 0 Å². The van der Waals surface area contributed by atoms with Gasteiger partial charge in [0.05, 0.1) is 0 Å². The van der Waals surface area contributed by atoms with Crippen LogP contribution in [0, 0.1) is 23.6 Å². The number of nitrogens with two attached hydrogens (primary N) is 1. The molecule has 0 aliphatic heterocycles. The fourth-order valence-electron chi connectivity index (χ4n) is 3.15. The molecule has 1 aromatic rings. The average Bonchev–Trinajstić information content (AvgIpc) is 2.33. The van der Waals surface area contributed by atoms with Gasteiger partial charge in [0.1, 0.15) is 5.82 Å². The van der Waals surface area contributed by atoms with Gasteiger partial charge < -0.3 is 0 Å². The highest BCUT2D eigenvalue weighted by atomic mass is 79.9. The van der Waals surface area contributed by atoms with Crippen LogP contribution in [-0.2, 0) is 0 Å². The monoisotopic (exact) mass is 328 g/mol. The molecule has 1 aromatic carbocycles. The molecule has 0 spiro atoms. The zero-order valence-corrected chi connectivity index (χ0v) is 13.1. The molecule has 4 unspecified atom stereocenters. The molecule has 4 heteroatoms. The van der Waals surface area contributed by atoms with Gasteiger partial charge in [0.25, 0.3) is 0 Å². The van der Waals surface area contributed by atoms with Crippen LogP contribution in [0.25, 0.3) is 0 Å². The lowest BCUT2D eigenvalue weighted by Gasteiger charge is -2.36. The van der Waals surface area contributed by atoms with Crippen LogP contribution in [0.1, 0.15) is 44.7 Å². The van der Waals surface area contributed by atoms with Gasteiger partial charge in [0.15, 0.2) is 0 Å². The highest BCUT2D eigenvalue weighted by Crippen LogP contribution is 2.40. The Morgan fingerprint density at radius 2 is 2.00 bits per heavy atom. The largest absolute Gasteiger partial charge is 0.271 e. The summed E-state index contributed by atoms with van der Waals surface area (Å²) < 4.78 is 14.3. The topological polar surface area (TPSA) is 38.0 Å². The molecule has 1 aliphatic rings. The molecule has 0 saturated heterocycles. The molecule has 0 heterocycles. The molecule has 3 N–H and O–H groups in total. The molecule has 0 bridgehead atoms. The first-order chi connectivity index (χ1) is 9.01. The van der Waals surface area contributed by atoms with Gasteiger partial charge in [-0.1, -0.05) is 36.2 Å². The molecular formula is C15H22BrFN2. The van der Waals surface area contributed by atoms with Crippen molar-refractivity contribution < 1.29 is 4.39 Å². The molecule has 1 saturated carbocycles. The quantitative estimate of drug-likeness (QED) is 0.645. The Balaban J connectivity index is 2.19. The van der Waals surface area contributed by atoms with Crippen molar-refractivity contribution in [3.05, 3.63) is 34.1 Å². The minimum atomic E-state index is -0.221. The molecule has 1 fully saturated rings. The first kappa shape index (κ1) is 14.9. The van der Waals surface area contributed by atoms with Gasteiger partial charge in [-0.2, -0.15) is 0 Å². The lowest BCUT2D eigenvalue weighted by molar-refractivity contribution is 0.171.